The Morgan fingerprint density at radius 3 is 2.44 bits per heavy atom. The maximum absolute atomic E-state index is 13.7. The second-order valence-electron chi connectivity index (χ2n) is 4.37. The zero-order chi connectivity index (χ0) is 12.7. The number of halogens is 3. The first-order valence-electron chi connectivity index (χ1n) is 5.63. The minimum absolute atomic E-state index is 0.276. The molecule has 0 bridgehead atoms. The second-order valence-corrected chi connectivity index (χ2v) is 4.37. The number of anilines is 1. The van der Waals surface area contributed by atoms with E-state index in [1.807, 2.05) is 0 Å². The van der Waals surface area contributed by atoms with E-state index >= 15 is 0 Å². The van der Waals surface area contributed by atoms with Gasteiger partial charge in [-0.25, -0.2) is 13.2 Å². The molecule has 0 amide bonds. The number of hydrogen-bond donors (Lipinski definition) is 1. The molecule has 1 atom stereocenters. The molecular weight excluding hydrogens is 239 g/mol. The lowest BCUT2D eigenvalue weighted by molar-refractivity contribution is 0.563. The van der Waals surface area contributed by atoms with Crippen molar-refractivity contribution < 1.29 is 13.2 Å². The standard InChI is InChI=1S/C14H10F3N/c15-9-2-4-13-8(5-9)6-14(18-13)11-3-1-10(16)7-12(11)17/h1-5,7,14,18H,6H2. The molecule has 0 spiro atoms. The van der Waals surface area contributed by atoms with E-state index in [-0.39, 0.29) is 11.9 Å². The molecule has 1 heterocycles. The van der Waals surface area contributed by atoms with Crippen molar-refractivity contribution in [3.63, 3.8) is 0 Å². The summed E-state index contributed by atoms with van der Waals surface area (Å²) in [6.45, 7) is 0. The Kier molecular flexibility index (Phi) is 2.51. The molecule has 4 heteroatoms. The molecule has 1 unspecified atom stereocenters. The Balaban J connectivity index is 1.93. The van der Waals surface area contributed by atoms with E-state index < -0.39 is 11.6 Å². The molecule has 0 saturated heterocycles. The lowest BCUT2D eigenvalue weighted by Gasteiger charge is -2.12. The maximum Gasteiger partial charge on any atom is 0.131 e. The van der Waals surface area contributed by atoms with Crippen molar-refractivity contribution in [2.75, 3.05) is 5.32 Å². The van der Waals surface area contributed by atoms with Crippen molar-refractivity contribution in [3.05, 3.63) is 65.0 Å². The first-order chi connectivity index (χ1) is 8.63. The molecule has 0 aliphatic carbocycles. The van der Waals surface area contributed by atoms with Gasteiger partial charge in [0.25, 0.3) is 0 Å². The molecule has 0 fully saturated rings. The highest BCUT2D eigenvalue weighted by Gasteiger charge is 2.24. The third kappa shape index (κ3) is 1.83. The lowest BCUT2D eigenvalue weighted by atomic mass is 10.0. The molecule has 1 aliphatic heterocycles. The van der Waals surface area contributed by atoms with E-state index in [4.69, 9.17) is 0 Å². The third-order valence-electron chi connectivity index (χ3n) is 3.16. The molecule has 0 saturated carbocycles. The van der Waals surface area contributed by atoms with E-state index in [1.165, 1.54) is 24.3 Å². The highest BCUT2D eigenvalue weighted by atomic mass is 19.1. The Labute approximate surface area is 102 Å². The maximum atomic E-state index is 13.7. The molecular formula is C14H10F3N. The van der Waals surface area contributed by atoms with Crippen LogP contribution in [0, 0.1) is 17.5 Å². The van der Waals surface area contributed by atoms with Crippen LogP contribution in [0.15, 0.2) is 36.4 Å². The second kappa shape index (κ2) is 4.05. The summed E-state index contributed by atoms with van der Waals surface area (Å²) in [7, 11) is 0. The van der Waals surface area contributed by atoms with Crippen LogP contribution in [-0.4, -0.2) is 0 Å². The van der Waals surface area contributed by atoms with Crippen molar-refractivity contribution >= 4 is 5.69 Å². The number of benzene rings is 2. The van der Waals surface area contributed by atoms with Gasteiger partial charge in [-0.3, -0.25) is 0 Å². The average Bonchev–Trinajstić information content (AvgIpc) is 2.71. The van der Waals surface area contributed by atoms with E-state index in [9.17, 15) is 13.2 Å². The van der Waals surface area contributed by atoms with E-state index in [0.29, 0.717) is 12.0 Å². The molecule has 1 aliphatic rings. The molecule has 3 rings (SSSR count). The fourth-order valence-electron chi connectivity index (χ4n) is 2.30. The van der Waals surface area contributed by atoms with Gasteiger partial charge in [-0.2, -0.15) is 0 Å². The van der Waals surface area contributed by atoms with Gasteiger partial charge in [0.05, 0.1) is 6.04 Å². The number of fused-ring (bicyclic) bond motifs is 1. The summed E-state index contributed by atoms with van der Waals surface area (Å²) >= 11 is 0. The smallest absolute Gasteiger partial charge is 0.131 e. The highest BCUT2D eigenvalue weighted by molar-refractivity contribution is 5.58. The molecule has 0 radical (unpaired) electrons. The third-order valence-corrected chi connectivity index (χ3v) is 3.16. The number of hydrogen-bond acceptors (Lipinski definition) is 1. The summed E-state index contributed by atoms with van der Waals surface area (Å²) in [5.74, 6) is -1.49. The van der Waals surface area contributed by atoms with Crippen LogP contribution in [0.4, 0.5) is 18.9 Å². The fraction of sp³-hybridized carbons (Fsp3) is 0.143. The molecule has 1 nitrogen and oxygen atoms in total. The predicted octanol–water partition coefficient (Wildman–Crippen LogP) is 3.81. The summed E-state index contributed by atoms with van der Waals surface area (Å²) < 4.78 is 39.6. The van der Waals surface area contributed by atoms with Gasteiger partial charge in [0.2, 0.25) is 0 Å². The molecule has 0 aromatic heterocycles. The molecule has 92 valence electrons. The SMILES string of the molecule is Fc1ccc(C2Cc3cc(F)ccc3N2)c(F)c1. The number of nitrogens with one attached hydrogen (secondary N) is 1. The monoisotopic (exact) mass is 249 g/mol. The zero-order valence-corrected chi connectivity index (χ0v) is 9.38. The van der Waals surface area contributed by atoms with Gasteiger partial charge in [0, 0.05) is 17.3 Å². The van der Waals surface area contributed by atoms with E-state index in [2.05, 4.69) is 5.32 Å². The van der Waals surface area contributed by atoms with Crippen LogP contribution in [0.3, 0.4) is 0 Å². The molecule has 18 heavy (non-hydrogen) atoms. The normalized spacial score (nSPS) is 17.4. The summed E-state index contributed by atoms with van der Waals surface area (Å²) in [6, 6.07) is 7.65. The van der Waals surface area contributed by atoms with Gasteiger partial charge >= 0.3 is 0 Å². The van der Waals surface area contributed by atoms with Gasteiger partial charge < -0.3 is 5.32 Å². The minimum atomic E-state index is -0.599. The predicted molar refractivity (Wildman–Crippen MR) is 62.8 cm³/mol. The van der Waals surface area contributed by atoms with Crippen LogP contribution >= 0.6 is 0 Å². The van der Waals surface area contributed by atoms with Crippen LogP contribution in [0.1, 0.15) is 17.2 Å². The van der Waals surface area contributed by atoms with Crippen LogP contribution in [0.5, 0.6) is 0 Å². The van der Waals surface area contributed by atoms with Crippen molar-refractivity contribution in [3.8, 4) is 0 Å². The number of rotatable bonds is 1. The van der Waals surface area contributed by atoms with E-state index in [1.54, 1.807) is 6.07 Å². The zero-order valence-electron chi connectivity index (χ0n) is 9.38. The molecule has 1 N–H and O–H groups in total. The fourth-order valence-corrected chi connectivity index (χ4v) is 2.30. The van der Waals surface area contributed by atoms with E-state index in [0.717, 1.165) is 17.3 Å². The molecule has 2 aromatic rings. The van der Waals surface area contributed by atoms with Crippen molar-refractivity contribution in [2.24, 2.45) is 0 Å². The van der Waals surface area contributed by atoms with Crippen molar-refractivity contribution in [1.82, 2.24) is 0 Å². The Bertz CT molecular complexity index is 610. The van der Waals surface area contributed by atoms with Crippen molar-refractivity contribution in [2.45, 2.75) is 12.5 Å². The Morgan fingerprint density at radius 1 is 0.944 bits per heavy atom. The Morgan fingerprint density at radius 2 is 1.67 bits per heavy atom. The van der Waals surface area contributed by atoms with Crippen LogP contribution in [0.25, 0.3) is 0 Å². The average molecular weight is 249 g/mol. The summed E-state index contributed by atoms with van der Waals surface area (Å²) in [5, 5.41) is 3.11. The van der Waals surface area contributed by atoms with Crippen LogP contribution in [-0.2, 0) is 6.42 Å². The first-order valence-corrected chi connectivity index (χ1v) is 5.63. The first kappa shape index (κ1) is 11.1. The van der Waals surface area contributed by atoms with Gasteiger partial charge in [-0.05, 0) is 36.2 Å². The van der Waals surface area contributed by atoms with Gasteiger partial charge in [-0.1, -0.05) is 6.07 Å². The largest absolute Gasteiger partial charge is 0.378 e. The quantitative estimate of drug-likeness (QED) is 0.810. The van der Waals surface area contributed by atoms with Gasteiger partial charge in [0.15, 0.2) is 0 Å². The minimum Gasteiger partial charge on any atom is -0.378 e. The topological polar surface area (TPSA) is 12.0 Å². The van der Waals surface area contributed by atoms with Gasteiger partial charge in [-0.15, -0.1) is 0 Å². The Hall–Kier alpha value is -1.97. The van der Waals surface area contributed by atoms with Gasteiger partial charge in [0.1, 0.15) is 17.5 Å². The van der Waals surface area contributed by atoms with Crippen molar-refractivity contribution in [1.29, 1.82) is 0 Å². The molecule has 2 aromatic carbocycles. The van der Waals surface area contributed by atoms with Crippen LogP contribution in [0.2, 0.25) is 0 Å². The highest BCUT2D eigenvalue weighted by Crippen LogP contribution is 2.35. The lowest BCUT2D eigenvalue weighted by Crippen LogP contribution is -2.08. The summed E-state index contributed by atoms with van der Waals surface area (Å²) in [6.07, 6.45) is 0.496. The summed E-state index contributed by atoms with van der Waals surface area (Å²) in [4.78, 5) is 0. The summed E-state index contributed by atoms with van der Waals surface area (Å²) in [5.41, 5.74) is 2.00. The van der Waals surface area contributed by atoms with Crippen LogP contribution < -0.4 is 5.32 Å².